The zero-order chi connectivity index (χ0) is 17.9. The van der Waals surface area contributed by atoms with E-state index in [9.17, 15) is 8.42 Å². The van der Waals surface area contributed by atoms with Gasteiger partial charge in [-0.3, -0.25) is 0 Å². The van der Waals surface area contributed by atoms with E-state index in [4.69, 9.17) is 10.5 Å². The number of nitrogens with one attached hydrogen (secondary N) is 1. The minimum atomic E-state index is -3.47. The van der Waals surface area contributed by atoms with Crippen LogP contribution >= 0.6 is 0 Å². The molecular weight excluding hydrogens is 336 g/mol. The molecule has 1 heterocycles. The maximum absolute atomic E-state index is 12.7. The number of hydrogen-bond acceptors (Lipinski definition) is 5. The quantitative estimate of drug-likeness (QED) is 0.853. The van der Waals surface area contributed by atoms with Gasteiger partial charge in [0.15, 0.2) is 0 Å². The van der Waals surface area contributed by atoms with Crippen LogP contribution in [-0.2, 0) is 21.1 Å². The molecule has 0 bridgehead atoms. The zero-order valence-electron chi connectivity index (χ0n) is 14.3. The first-order valence-corrected chi connectivity index (χ1v) is 9.92. The molecule has 2 aromatic rings. The van der Waals surface area contributed by atoms with Crippen LogP contribution in [0.15, 0.2) is 58.3 Å². The van der Waals surface area contributed by atoms with Crippen LogP contribution in [0.1, 0.15) is 17.5 Å². The highest BCUT2D eigenvalue weighted by Gasteiger charge is 2.22. The van der Waals surface area contributed by atoms with Gasteiger partial charge in [-0.25, -0.2) is 8.42 Å². The average Bonchev–Trinajstić information content (AvgIpc) is 2.62. The van der Waals surface area contributed by atoms with E-state index in [1.54, 1.807) is 24.3 Å². The molecule has 6 heteroatoms. The van der Waals surface area contributed by atoms with E-state index in [-0.39, 0.29) is 12.1 Å². The lowest BCUT2D eigenvalue weighted by molar-refractivity contribution is 0.0615. The Hall–Kier alpha value is -1.73. The molecule has 0 unspecified atom stereocenters. The summed E-state index contributed by atoms with van der Waals surface area (Å²) in [6, 6.07) is 14.1. The third kappa shape index (κ3) is 4.27. The second kappa shape index (κ2) is 7.66. The standard InChI is InChI=1S/C19H24N2O3S/c1-14-2-6-16(7-3-14)25(22,23)17-8-4-15(5-9-17)12-21-19-10-11-24-13-18(19)20/h2-9,18-19,21H,10-13,20H2,1H3/t18-,19+/m0/s1. The van der Waals surface area contributed by atoms with Gasteiger partial charge in [0, 0.05) is 25.2 Å². The van der Waals surface area contributed by atoms with Crippen molar-refractivity contribution in [1.29, 1.82) is 0 Å². The van der Waals surface area contributed by atoms with Crippen LogP contribution in [0, 0.1) is 6.92 Å². The predicted octanol–water partition coefficient (Wildman–Crippen LogP) is 2.03. The van der Waals surface area contributed by atoms with E-state index in [0.29, 0.717) is 22.9 Å². The molecule has 1 aliphatic rings. The molecule has 0 amide bonds. The summed E-state index contributed by atoms with van der Waals surface area (Å²) in [5.41, 5.74) is 8.10. The lowest BCUT2D eigenvalue weighted by atomic mass is 10.0. The molecule has 5 nitrogen and oxygen atoms in total. The van der Waals surface area contributed by atoms with Crippen molar-refractivity contribution in [2.75, 3.05) is 13.2 Å². The van der Waals surface area contributed by atoms with Gasteiger partial charge in [-0.1, -0.05) is 29.8 Å². The SMILES string of the molecule is Cc1ccc(S(=O)(=O)c2ccc(CN[C@@H]3CCOC[C@@H]3N)cc2)cc1. The fourth-order valence-electron chi connectivity index (χ4n) is 2.90. The van der Waals surface area contributed by atoms with Gasteiger partial charge in [0.1, 0.15) is 0 Å². The lowest BCUT2D eigenvalue weighted by Crippen LogP contribution is -2.50. The van der Waals surface area contributed by atoms with Gasteiger partial charge < -0.3 is 15.8 Å². The minimum absolute atomic E-state index is 0.00469. The van der Waals surface area contributed by atoms with Crippen LogP contribution in [0.25, 0.3) is 0 Å². The third-order valence-electron chi connectivity index (χ3n) is 4.53. The molecule has 25 heavy (non-hydrogen) atoms. The topological polar surface area (TPSA) is 81.4 Å². The van der Waals surface area contributed by atoms with Crippen molar-refractivity contribution < 1.29 is 13.2 Å². The van der Waals surface area contributed by atoms with E-state index in [0.717, 1.165) is 24.2 Å². The molecule has 0 radical (unpaired) electrons. The molecule has 0 spiro atoms. The smallest absolute Gasteiger partial charge is 0.206 e. The van der Waals surface area contributed by atoms with Crippen molar-refractivity contribution in [3.8, 4) is 0 Å². The highest BCUT2D eigenvalue weighted by Crippen LogP contribution is 2.21. The summed E-state index contributed by atoms with van der Waals surface area (Å²) in [6.45, 7) is 3.89. The summed E-state index contributed by atoms with van der Waals surface area (Å²) in [5, 5.41) is 3.43. The number of hydrogen-bond donors (Lipinski definition) is 2. The maximum atomic E-state index is 12.7. The molecule has 2 aromatic carbocycles. The highest BCUT2D eigenvalue weighted by atomic mass is 32.2. The summed E-state index contributed by atoms with van der Waals surface area (Å²) in [6.07, 6.45) is 0.890. The summed E-state index contributed by atoms with van der Waals surface area (Å²) in [5.74, 6) is 0. The van der Waals surface area contributed by atoms with Crippen molar-refractivity contribution in [3.05, 3.63) is 59.7 Å². The summed E-state index contributed by atoms with van der Waals surface area (Å²) < 4.78 is 30.7. The Morgan fingerprint density at radius 2 is 1.68 bits per heavy atom. The summed E-state index contributed by atoms with van der Waals surface area (Å²) >= 11 is 0. The molecule has 3 N–H and O–H groups in total. The molecule has 3 rings (SSSR count). The second-order valence-electron chi connectivity index (χ2n) is 6.48. The van der Waals surface area contributed by atoms with Crippen LogP contribution in [0.4, 0.5) is 0 Å². The molecule has 2 atom stereocenters. The Kier molecular flexibility index (Phi) is 5.54. The van der Waals surface area contributed by atoms with Crippen molar-refractivity contribution in [1.82, 2.24) is 5.32 Å². The maximum Gasteiger partial charge on any atom is 0.206 e. The van der Waals surface area contributed by atoms with Gasteiger partial charge >= 0.3 is 0 Å². The molecule has 134 valence electrons. The number of sulfone groups is 1. The predicted molar refractivity (Wildman–Crippen MR) is 97.1 cm³/mol. The van der Waals surface area contributed by atoms with E-state index >= 15 is 0 Å². The molecule has 1 fully saturated rings. The van der Waals surface area contributed by atoms with Crippen LogP contribution < -0.4 is 11.1 Å². The average molecular weight is 360 g/mol. The first kappa shape index (κ1) is 18.1. The van der Waals surface area contributed by atoms with E-state index in [2.05, 4.69) is 5.32 Å². The first-order valence-electron chi connectivity index (χ1n) is 8.44. The molecule has 1 aliphatic heterocycles. The largest absolute Gasteiger partial charge is 0.380 e. The first-order chi connectivity index (χ1) is 12.0. The van der Waals surface area contributed by atoms with Gasteiger partial charge in [-0.05, 0) is 43.2 Å². The van der Waals surface area contributed by atoms with Crippen molar-refractivity contribution in [3.63, 3.8) is 0 Å². The Morgan fingerprint density at radius 1 is 1.08 bits per heavy atom. The summed E-state index contributed by atoms with van der Waals surface area (Å²) in [7, 11) is -3.47. The van der Waals surface area contributed by atoms with Gasteiger partial charge in [0.05, 0.1) is 16.4 Å². The Bertz CT molecular complexity index is 802. The van der Waals surface area contributed by atoms with E-state index in [1.165, 1.54) is 0 Å². The Balaban J connectivity index is 1.68. The number of ether oxygens (including phenoxy) is 1. The fraction of sp³-hybridized carbons (Fsp3) is 0.368. The Morgan fingerprint density at radius 3 is 2.28 bits per heavy atom. The van der Waals surface area contributed by atoms with Crippen LogP contribution in [0.2, 0.25) is 0 Å². The minimum Gasteiger partial charge on any atom is -0.380 e. The van der Waals surface area contributed by atoms with Gasteiger partial charge in [-0.2, -0.15) is 0 Å². The zero-order valence-corrected chi connectivity index (χ0v) is 15.1. The van der Waals surface area contributed by atoms with Crippen LogP contribution in [-0.4, -0.2) is 33.7 Å². The molecular formula is C19H24N2O3S. The second-order valence-corrected chi connectivity index (χ2v) is 8.42. The summed E-state index contributed by atoms with van der Waals surface area (Å²) in [4.78, 5) is 0.625. The lowest BCUT2D eigenvalue weighted by Gasteiger charge is -2.29. The van der Waals surface area contributed by atoms with Crippen molar-refractivity contribution >= 4 is 9.84 Å². The molecule has 1 saturated heterocycles. The van der Waals surface area contributed by atoms with Gasteiger partial charge in [0.2, 0.25) is 9.84 Å². The van der Waals surface area contributed by atoms with E-state index < -0.39 is 9.84 Å². The van der Waals surface area contributed by atoms with Gasteiger partial charge in [0.25, 0.3) is 0 Å². The molecule has 0 aliphatic carbocycles. The van der Waals surface area contributed by atoms with Gasteiger partial charge in [-0.15, -0.1) is 0 Å². The van der Waals surface area contributed by atoms with Crippen molar-refractivity contribution in [2.45, 2.75) is 41.8 Å². The number of rotatable bonds is 5. The number of benzene rings is 2. The van der Waals surface area contributed by atoms with E-state index in [1.807, 2.05) is 31.2 Å². The number of nitrogens with two attached hydrogens (primary N) is 1. The third-order valence-corrected chi connectivity index (χ3v) is 6.32. The van der Waals surface area contributed by atoms with Crippen LogP contribution in [0.5, 0.6) is 0 Å². The number of aryl methyl sites for hydroxylation is 1. The molecule has 0 aromatic heterocycles. The highest BCUT2D eigenvalue weighted by molar-refractivity contribution is 7.91. The Labute approximate surface area is 149 Å². The van der Waals surface area contributed by atoms with Crippen LogP contribution in [0.3, 0.4) is 0 Å². The normalized spacial score (nSPS) is 21.2. The van der Waals surface area contributed by atoms with Crippen molar-refractivity contribution in [2.24, 2.45) is 5.73 Å². The fourth-order valence-corrected chi connectivity index (χ4v) is 4.16. The monoisotopic (exact) mass is 360 g/mol. The molecule has 0 saturated carbocycles.